The first-order valence-electron chi connectivity index (χ1n) is 5.78. The molecule has 0 N–H and O–H groups in total. The number of alkyl halides is 1. The average molecular weight is 224 g/mol. The third-order valence-electron chi connectivity index (χ3n) is 3.03. The van der Waals surface area contributed by atoms with Crippen LogP contribution in [0.25, 0.3) is 0 Å². The molecule has 1 aliphatic carbocycles. The molecule has 0 saturated carbocycles. The second kappa shape index (κ2) is 5.41. The monoisotopic (exact) mass is 223 g/mol. The summed E-state index contributed by atoms with van der Waals surface area (Å²) in [6, 6.07) is 4.29. The van der Waals surface area contributed by atoms with Gasteiger partial charge in [0.1, 0.15) is 0 Å². The van der Waals surface area contributed by atoms with Crippen molar-refractivity contribution in [3.8, 4) is 0 Å². The number of halogens is 1. The molecular formula is C13H18ClN. The van der Waals surface area contributed by atoms with Gasteiger partial charge in [-0.1, -0.05) is 11.6 Å². The Morgan fingerprint density at radius 1 is 1.33 bits per heavy atom. The molecule has 0 spiro atoms. The molecule has 1 nitrogen and oxygen atoms in total. The Labute approximate surface area is 96.7 Å². The highest BCUT2D eigenvalue weighted by atomic mass is 35.5. The van der Waals surface area contributed by atoms with Crippen LogP contribution in [0.3, 0.4) is 0 Å². The molecule has 0 radical (unpaired) electrons. The van der Waals surface area contributed by atoms with Gasteiger partial charge in [-0.15, -0.1) is 11.6 Å². The normalized spacial score (nSPS) is 16.5. The van der Waals surface area contributed by atoms with Crippen molar-refractivity contribution in [2.24, 2.45) is 0 Å². The topological polar surface area (TPSA) is 4.93 Å². The maximum absolute atomic E-state index is 5.78. The van der Waals surface area contributed by atoms with Crippen LogP contribution in [0.2, 0.25) is 0 Å². The number of rotatable bonds is 4. The van der Waals surface area contributed by atoms with E-state index in [1.807, 2.05) is 0 Å². The van der Waals surface area contributed by atoms with Crippen LogP contribution in [0, 0.1) is 0 Å². The minimum Gasteiger partial charge on any atom is -0.347 e. The Hall–Kier alpha value is -0.690. The van der Waals surface area contributed by atoms with Crippen molar-refractivity contribution in [1.82, 2.24) is 4.57 Å². The molecule has 0 amide bonds. The van der Waals surface area contributed by atoms with Crippen LogP contribution in [0.1, 0.15) is 31.4 Å². The number of aryl methyl sites for hydroxylation is 1. The van der Waals surface area contributed by atoms with E-state index in [1.165, 1.54) is 31.4 Å². The molecule has 1 aromatic rings. The molecular weight excluding hydrogens is 206 g/mol. The summed E-state index contributed by atoms with van der Waals surface area (Å²) in [5.74, 6) is 0.711. The number of nitrogens with zero attached hydrogens (tertiary/aromatic N) is 1. The molecule has 0 aliphatic heterocycles. The molecule has 0 atom stereocenters. The number of hydrogen-bond acceptors (Lipinski definition) is 0. The van der Waals surface area contributed by atoms with E-state index in [0.717, 1.165) is 13.0 Å². The molecule has 2 heteroatoms. The van der Waals surface area contributed by atoms with Crippen molar-refractivity contribution in [2.45, 2.75) is 38.6 Å². The molecule has 0 saturated heterocycles. The molecule has 0 bridgehead atoms. The Morgan fingerprint density at radius 3 is 3.00 bits per heavy atom. The van der Waals surface area contributed by atoms with E-state index < -0.39 is 0 Å². The standard InChI is InChI=1S/C13H18ClN/c14-9-8-13-7-4-10-15(13)11-12-5-2-1-3-6-12/h4-5,7,10H,1-3,6,8-9,11H2. The van der Waals surface area contributed by atoms with E-state index >= 15 is 0 Å². The predicted molar refractivity (Wildman–Crippen MR) is 65.4 cm³/mol. The lowest BCUT2D eigenvalue weighted by Crippen LogP contribution is -2.06. The molecule has 1 heterocycles. The summed E-state index contributed by atoms with van der Waals surface area (Å²) in [4.78, 5) is 0. The van der Waals surface area contributed by atoms with Gasteiger partial charge in [-0.05, 0) is 37.8 Å². The van der Waals surface area contributed by atoms with E-state index in [4.69, 9.17) is 11.6 Å². The van der Waals surface area contributed by atoms with Crippen LogP contribution < -0.4 is 0 Å². The van der Waals surface area contributed by atoms with E-state index in [9.17, 15) is 0 Å². The third kappa shape index (κ3) is 2.88. The molecule has 0 unspecified atom stereocenters. The summed E-state index contributed by atoms with van der Waals surface area (Å²) < 4.78 is 2.33. The molecule has 2 rings (SSSR count). The third-order valence-corrected chi connectivity index (χ3v) is 3.22. The second-order valence-corrected chi connectivity index (χ2v) is 4.55. The Balaban J connectivity index is 2.02. The second-order valence-electron chi connectivity index (χ2n) is 4.17. The van der Waals surface area contributed by atoms with E-state index in [2.05, 4.69) is 29.0 Å². The summed E-state index contributed by atoms with van der Waals surface area (Å²) in [5, 5.41) is 0. The molecule has 0 fully saturated rings. The number of allylic oxidation sites excluding steroid dienone is 2. The van der Waals surface area contributed by atoms with Crippen molar-refractivity contribution < 1.29 is 0 Å². The smallest absolute Gasteiger partial charge is 0.0432 e. The maximum atomic E-state index is 5.78. The lowest BCUT2D eigenvalue weighted by atomic mass is 9.99. The Morgan fingerprint density at radius 2 is 2.27 bits per heavy atom. The molecule has 82 valence electrons. The SMILES string of the molecule is ClCCc1cccn1CC1=CCCCC1. The quantitative estimate of drug-likeness (QED) is 0.541. The van der Waals surface area contributed by atoms with Gasteiger partial charge >= 0.3 is 0 Å². The zero-order valence-electron chi connectivity index (χ0n) is 9.08. The first kappa shape index (κ1) is 10.8. The number of aromatic nitrogens is 1. The van der Waals surface area contributed by atoms with Crippen LogP contribution in [-0.2, 0) is 13.0 Å². The van der Waals surface area contributed by atoms with Crippen molar-refractivity contribution in [1.29, 1.82) is 0 Å². The van der Waals surface area contributed by atoms with E-state index in [-0.39, 0.29) is 0 Å². The minimum atomic E-state index is 0.711. The van der Waals surface area contributed by atoms with Crippen LogP contribution in [0.15, 0.2) is 30.0 Å². The van der Waals surface area contributed by atoms with Crippen LogP contribution in [0.5, 0.6) is 0 Å². The van der Waals surface area contributed by atoms with Crippen molar-refractivity contribution >= 4 is 11.6 Å². The molecule has 1 aromatic heterocycles. The highest BCUT2D eigenvalue weighted by Gasteiger charge is 2.06. The van der Waals surface area contributed by atoms with Gasteiger partial charge in [-0.25, -0.2) is 0 Å². The predicted octanol–water partition coefficient (Wildman–Crippen LogP) is 3.77. The first-order valence-corrected chi connectivity index (χ1v) is 6.31. The lowest BCUT2D eigenvalue weighted by molar-refractivity contribution is 0.635. The Bertz CT molecular complexity index is 338. The zero-order chi connectivity index (χ0) is 10.5. The van der Waals surface area contributed by atoms with Gasteiger partial charge in [0, 0.05) is 30.7 Å². The van der Waals surface area contributed by atoms with Gasteiger partial charge in [-0.2, -0.15) is 0 Å². The largest absolute Gasteiger partial charge is 0.347 e. The van der Waals surface area contributed by atoms with Crippen molar-refractivity contribution in [3.05, 3.63) is 35.7 Å². The average Bonchev–Trinajstić information content (AvgIpc) is 2.68. The molecule has 15 heavy (non-hydrogen) atoms. The van der Waals surface area contributed by atoms with E-state index in [0.29, 0.717) is 5.88 Å². The van der Waals surface area contributed by atoms with Gasteiger partial charge < -0.3 is 4.57 Å². The van der Waals surface area contributed by atoms with Gasteiger partial charge in [0.15, 0.2) is 0 Å². The highest BCUT2D eigenvalue weighted by Crippen LogP contribution is 2.19. The maximum Gasteiger partial charge on any atom is 0.0432 e. The summed E-state index contributed by atoms with van der Waals surface area (Å²) in [7, 11) is 0. The van der Waals surface area contributed by atoms with Gasteiger partial charge in [0.25, 0.3) is 0 Å². The summed E-state index contributed by atoms with van der Waals surface area (Å²) >= 11 is 5.78. The summed E-state index contributed by atoms with van der Waals surface area (Å²) in [5.41, 5.74) is 2.95. The van der Waals surface area contributed by atoms with Gasteiger partial charge in [0.05, 0.1) is 0 Å². The minimum absolute atomic E-state index is 0.711. The molecule has 1 aliphatic rings. The van der Waals surface area contributed by atoms with Gasteiger partial charge in [0.2, 0.25) is 0 Å². The van der Waals surface area contributed by atoms with Gasteiger partial charge in [-0.3, -0.25) is 0 Å². The fourth-order valence-electron chi connectivity index (χ4n) is 2.19. The fraction of sp³-hybridized carbons (Fsp3) is 0.538. The van der Waals surface area contributed by atoms with Crippen LogP contribution in [0.4, 0.5) is 0 Å². The van der Waals surface area contributed by atoms with E-state index in [1.54, 1.807) is 5.57 Å². The van der Waals surface area contributed by atoms with Crippen LogP contribution in [-0.4, -0.2) is 10.4 Å². The summed E-state index contributed by atoms with van der Waals surface area (Å²) in [6.45, 7) is 1.07. The highest BCUT2D eigenvalue weighted by molar-refractivity contribution is 6.17. The first-order chi connectivity index (χ1) is 7.40. The molecule has 0 aromatic carbocycles. The number of hydrogen-bond donors (Lipinski definition) is 0. The zero-order valence-corrected chi connectivity index (χ0v) is 9.84. The lowest BCUT2D eigenvalue weighted by Gasteiger charge is -2.15. The van der Waals surface area contributed by atoms with Crippen LogP contribution >= 0.6 is 11.6 Å². The Kier molecular flexibility index (Phi) is 3.90. The summed E-state index contributed by atoms with van der Waals surface area (Å²) in [6.07, 6.45) is 10.8. The van der Waals surface area contributed by atoms with Crippen molar-refractivity contribution in [3.63, 3.8) is 0 Å². The van der Waals surface area contributed by atoms with Crippen molar-refractivity contribution in [2.75, 3.05) is 5.88 Å². The fourth-order valence-corrected chi connectivity index (χ4v) is 2.39.